The molecule has 24 heavy (non-hydrogen) atoms. The van der Waals surface area contributed by atoms with E-state index in [0.29, 0.717) is 6.61 Å². The lowest BCUT2D eigenvalue weighted by atomic mass is 10.0. The Morgan fingerprint density at radius 1 is 1.25 bits per heavy atom. The fourth-order valence-corrected chi connectivity index (χ4v) is 3.46. The van der Waals surface area contributed by atoms with Gasteiger partial charge in [-0.15, -0.1) is 5.10 Å². The van der Waals surface area contributed by atoms with Crippen molar-refractivity contribution in [2.75, 3.05) is 44.2 Å². The van der Waals surface area contributed by atoms with Gasteiger partial charge in [0, 0.05) is 26.2 Å². The highest BCUT2D eigenvalue weighted by atomic mass is 16.5. The molecule has 2 aliphatic rings. The molecule has 2 aromatic heterocycles. The van der Waals surface area contributed by atoms with E-state index >= 15 is 0 Å². The van der Waals surface area contributed by atoms with Crippen LogP contribution in [-0.4, -0.2) is 69.8 Å². The van der Waals surface area contributed by atoms with Crippen LogP contribution in [0.5, 0.6) is 0 Å². The van der Waals surface area contributed by atoms with Gasteiger partial charge in [-0.05, 0) is 26.3 Å². The Labute approximate surface area is 140 Å². The molecule has 0 saturated carbocycles. The number of piperazine rings is 1. The highest BCUT2D eigenvalue weighted by molar-refractivity contribution is 5.74. The van der Waals surface area contributed by atoms with Gasteiger partial charge in [-0.3, -0.25) is 14.7 Å². The predicted molar refractivity (Wildman–Crippen MR) is 87.9 cm³/mol. The number of cyclic esters (lactones) is 1. The van der Waals surface area contributed by atoms with Crippen molar-refractivity contribution in [1.29, 1.82) is 0 Å². The third-order valence-corrected chi connectivity index (χ3v) is 4.87. The third-order valence-electron chi connectivity index (χ3n) is 4.87. The maximum Gasteiger partial charge on any atom is 0.309 e. The molecule has 8 nitrogen and oxygen atoms in total. The molecule has 4 rings (SSSR count). The number of aryl methyl sites for hydroxylation is 1. The van der Waals surface area contributed by atoms with Gasteiger partial charge in [-0.1, -0.05) is 0 Å². The van der Waals surface area contributed by atoms with Gasteiger partial charge in [-0.25, -0.2) is 4.98 Å². The number of hydrogen-bond donors (Lipinski definition) is 0. The number of ether oxygens (including phenoxy) is 1. The Bertz CT molecular complexity index is 737. The average Bonchev–Trinajstić information content (AvgIpc) is 3.17. The van der Waals surface area contributed by atoms with Gasteiger partial charge in [0.1, 0.15) is 5.82 Å². The summed E-state index contributed by atoms with van der Waals surface area (Å²) in [6.45, 7) is 7.24. The molecule has 0 spiro atoms. The van der Waals surface area contributed by atoms with E-state index in [0.717, 1.165) is 62.9 Å². The number of carbonyl (C=O) groups excluding carboxylic acids is 1. The fourth-order valence-electron chi connectivity index (χ4n) is 3.46. The number of aromatic nitrogens is 4. The van der Waals surface area contributed by atoms with E-state index in [2.05, 4.69) is 24.9 Å². The van der Waals surface area contributed by atoms with Crippen LogP contribution in [0.15, 0.2) is 12.4 Å². The first-order valence-corrected chi connectivity index (χ1v) is 8.52. The minimum absolute atomic E-state index is 0.0204. The normalized spacial score (nSPS) is 22.3. The highest BCUT2D eigenvalue weighted by Crippen LogP contribution is 2.20. The van der Waals surface area contributed by atoms with Gasteiger partial charge >= 0.3 is 5.97 Å². The summed E-state index contributed by atoms with van der Waals surface area (Å²) in [5.74, 6) is 1.82. The molecule has 4 heterocycles. The van der Waals surface area contributed by atoms with Crippen LogP contribution in [0, 0.1) is 12.8 Å². The molecular weight excluding hydrogens is 308 g/mol. The molecule has 2 fully saturated rings. The summed E-state index contributed by atoms with van der Waals surface area (Å²) in [4.78, 5) is 24.9. The van der Waals surface area contributed by atoms with E-state index in [1.807, 2.05) is 17.6 Å². The van der Waals surface area contributed by atoms with Crippen molar-refractivity contribution in [3.8, 4) is 0 Å². The van der Waals surface area contributed by atoms with E-state index in [-0.39, 0.29) is 11.9 Å². The zero-order valence-electron chi connectivity index (χ0n) is 13.9. The maximum atomic E-state index is 11.5. The highest BCUT2D eigenvalue weighted by Gasteiger charge is 2.27. The molecule has 0 amide bonds. The summed E-state index contributed by atoms with van der Waals surface area (Å²) in [6, 6.07) is 0. The molecule has 0 aromatic carbocycles. The SMILES string of the molecule is Cc1nc2cncc(N3CCN(CC[C@@H]4CCOC4=O)CC3)n2n1. The molecule has 0 N–H and O–H groups in total. The van der Waals surface area contributed by atoms with Crippen molar-refractivity contribution in [3.05, 3.63) is 18.2 Å². The summed E-state index contributed by atoms with van der Waals surface area (Å²) in [7, 11) is 0. The van der Waals surface area contributed by atoms with Crippen molar-refractivity contribution in [3.63, 3.8) is 0 Å². The van der Waals surface area contributed by atoms with E-state index < -0.39 is 0 Å². The maximum absolute atomic E-state index is 11.5. The molecule has 8 heteroatoms. The number of carbonyl (C=O) groups is 1. The van der Waals surface area contributed by atoms with Crippen LogP contribution in [0.2, 0.25) is 0 Å². The first kappa shape index (κ1) is 15.3. The summed E-state index contributed by atoms with van der Waals surface area (Å²) < 4.78 is 6.90. The predicted octanol–water partition coefficient (Wildman–Crippen LogP) is 0.508. The van der Waals surface area contributed by atoms with Crippen molar-refractivity contribution < 1.29 is 9.53 Å². The number of anilines is 1. The minimum Gasteiger partial charge on any atom is -0.465 e. The smallest absolute Gasteiger partial charge is 0.309 e. The van der Waals surface area contributed by atoms with Gasteiger partial charge in [0.2, 0.25) is 0 Å². The van der Waals surface area contributed by atoms with Gasteiger partial charge in [0.05, 0.1) is 24.9 Å². The van der Waals surface area contributed by atoms with Crippen LogP contribution in [0.3, 0.4) is 0 Å². The summed E-state index contributed by atoms with van der Waals surface area (Å²) in [5.41, 5.74) is 0.784. The molecule has 2 aliphatic heterocycles. The number of nitrogens with zero attached hydrogens (tertiary/aromatic N) is 6. The minimum atomic E-state index is -0.0204. The second kappa shape index (κ2) is 6.35. The topological polar surface area (TPSA) is 75.9 Å². The second-order valence-corrected chi connectivity index (χ2v) is 6.46. The van der Waals surface area contributed by atoms with Crippen molar-refractivity contribution in [2.24, 2.45) is 5.92 Å². The lowest BCUT2D eigenvalue weighted by Crippen LogP contribution is -2.47. The van der Waals surface area contributed by atoms with Crippen LogP contribution >= 0.6 is 0 Å². The average molecular weight is 330 g/mol. The molecule has 0 radical (unpaired) electrons. The standard InChI is InChI=1S/C16H22N6O2/c1-12-18-14-10-17-11-15(22(14)19-12)21-7-5-20(6-8-21)4-2-13-3-9-24-16(13)23/h10-11,13H,2-9H2,1H3/t13-/m1/s1. The van der Waals surface area contributed by atoms with Gasteiger partial charge in [-0.2, -0.15) is 4.52 Å². The van der Waals surface area contributed by atoms with Gasteiger partial charge in [0.15, 0.2) is 11.5 Å². The van der Waals surface area contributed by atoms with Crippen molar-refractivity contribution >= 4 is 17.4 Å². The lowest BCUT2D eigenvalue weighted by Gasteiger charge is -2.35. The van der Waals surface area contributed by atoms with Crippen molar-refractivity contribution in [2.45, 2.75) is 19.8 Å². The van der Waals surface area contributed by atoms with E-state index in [1.54, 1.807) is 6.20 Å². The fraction of sp³-hybridized carbons (Fsp3) is 0.625. The molecule has 0 aliphatic carbocycles. The Balaban J connectivity index is 1.36. The molecule has 2 saturated heterocycles. The number of hydrogen-bond acceptors (Lipinski definition) is 7. The Morgan fingerprint density at radius 3 is 2.83 bits per heavy atom. The van der Waals surface area contributed by atoms with E-state index in [1.165, 1.54) is 0 Å². The number of fused-ring (bicyclic) bond motifs is 1. The van der Waals surface area contributed by atoms with E-state index in [4.69, 9.17) is 4.74 Å². The van der Waals surface area contributed by atoms with Crippen LogP contribution in [-0.2, 0) is 9.53 Å². The second-order valence-electron chi connectivity index (χ2n) is 6.46. The van der Waals surface area contributed by atoms with Crippen LogP contribution in [0.4, 0.5) is 5.82 Å². The molecule has 1 atom stereocenters. The Kier molecular flexibility index (Phi) is 4.05. The van der Waals surface area contributed by atoms with Gasteiger partial charge in [0.25, 0.3) is 0 Å². The molecule has 0 unspecified atom stereocenters. The monoisotopic (exact) mass is 330 g/mol. The van der Waals surface area contributed by atoms with E-state index in [9.17, 15) is 4.79 Å². The zero-order valence-corrected chi connectivity index (χ0v) is 13.9. The first-order valence-electron chi connectivity index (χ1n) is 8.52. The Hall–Kier alpha value is -2.22. The van der Waals surface area contributed by atoms with Crippen molar-refractivity contribution in [1.82, 2.24) is 24.5 Å². The largest absolute Gasteiger partial charge is 0.465 e. The molecule has 2 aromatic rings. The van der Waals surface area contributed by atoms with Crippen LogP contribution in [0.25, 0.3) is 5.65 Å². The van der Waals surface area contributed by atoms with Crippen LogP contribution < -0.4 is 4.90 Å². The number of rotatable bonds is 4. The zero-order chi connectivity index (χ0) is 16.5. The summed E-state index contributed by atoms with van der Waals surface area (Å²) in [5, 5.41) is 4.46. The quantitative estimate of drug-likeness (QED) is 0.756. The number of esters is 1. The lowest BCUT2D eigenvalue weighted by molar-refractivity contribution is -0.141. The summed E-state index contributed by atoms with van der Waals surface area (Å²) in [6.07, 6.45) is 5.36. The summed E-state index contributed by atoms with van der Waals surface area (Å²) >= 11 is 0. The molecular formula is C16H22N6O2. The van der Waals surface area contributed by atoms with Crippen LogP contribution in [0.1, 0.15) is 18.7 Å². The third kappa shape index (κ3) is 2.93. The van der Waals surface area contributed by atoms with Gasteiger partial charge < -0.3 is 9.64 Å². The molecule has 128 valence electrons. The first-order chi connectivity index (χ1) is 11.7. The molecule has 0 bridgehead atoms. The Morgan fingerprint density at radius 2 is 2.08 bits per heavy atom.